The molecule has 14 nitrogen and oxygen atoms in total. The van der Waals surface area contributed by atoms with Gasteiger partial charge in [0.15, 0.2) is 11.5 Å². The van der Waals surface area contributed by atoms with Crippen LogP contribution < -0.4 is 25.2 Å². The van der Waals surface area contributed by atoms with Crippen molar-refractivity contribution in [3.05, 3.63) is 71.0 Å². The monoisotopic (exact) mass is 804 g/mol. The third-order valence-corrected chi connectivity index (χ3v) is 13.5. The first kappa shape index (κ1) is 38.3. The van der Waals surface area contributed by atoms with Crippen LogP contribution in [0.2, 0.25) is 5.02 Å². The molecule has 2 saturated carbocycles. The van der Waals surface area contributed by atoms with Gasteiger partial charge in [0.1, 0.15) is 11.8 Å². The van der Waals surface area contributed by atoms with Gasteiger partial charge in [-0.05, 0) is 107 Å². The molecular weight excluding hydrogens is 756 g/mol. The van der Waals surface area contributed by atoms with Gasteiger partial charge in [0.05, 0.1) is 40.1 Å². The highest BCUT2D eigenvalue weighted by molar-refractivity contribution is 6.31. The molecule has 58 heavy (non-hydrogen) atoms. The van der Waals surface area contributed by atoms with Crippen LogP contribution in [0.15, 0.2) is 54.7 Å². The molecule has 4 amide bonds. The number of likely N-dealkylation sites (tertiary alicyclic amines) is 1. The van der Waals surface area contributed by atoms with Gasteiger partial charge in [-0.15, -0.1) is 10.2 Å². The van der Waals surface area contributed by atoms with Gasteiger partial charge >= 0.3 is 6.03 Å². The molecule has 3 aliphatic heterocycles. The number of nitrogens with zero attached hydrogens (tertiary/aromatic N) is 8. The fraction of sp³-hybridized carbons (Fsp3) is 0.512. The third-order valence-electron chi connectivity index (χ3n) is 13.2. The minimum absolute atomic E-state index is 0.0380. The molecule has 5 aliphatic rings. The summed E-state index contributed by atoms with van der Waals surface area (Å²) < 4.78 is 8.24. The van der Waals surface area contributed by atoms with E-state index in [4.69, 9.17) is 26.7 Å². The first-order valence-corrected chi connectivity index (χ1v) is 21.2. The predicted molar refractivity (Wildman–Crippen MR) is 219 cm³/mol. The molecule has 5 heterocycles. The van der Waals surface area contributed by atoms with Crippen LogP contribution in [0, 0.1) is 22.7 Å². The fourth-order valence-corrected chi connectivity index (χ4v) is 10.1. The Morgan fingerprint density at radius 1 is 0.966 bits per heavy atom. The molecule has 2 N–H and O–H groups in total. The maximum atomic E-state index is 13.0. The van der Waals surface area contributed by atoms with E-state index in [0.717, 1.165) is 93.7 Å². The molecule has 0 atom stereocenters. The number of imide groups is 1. The van der Waals surface area contributed by atoms with E-state index in [9.17, 15) is 14.4 Å². The maximum Gasteiger partial charge on any atom is 0.328 e. The Morgan fingerprint density at radius 3 is 2.47 bits per heavy atom. The smallest absolute Gasteiger partial charge is 0.328 e. The van der Waals surface area contributed by atoms with E-state index >= 15 is 0 Å². The number of carbonyl (C=O) groups excluding carboxylic acids is 3. The van der Waals surface area contributed by atoms with E-state index in [0.29, 0.717) is 52.4 Å². The number of rotatable bonds is 9. The van der Waals surface area contributed by atoms with Crippen molar-refractivity contribution < 1.29 is 19.1 Å². The van der Waals surface area contributed by atoms with Gasteiger partial charge in [-0.25, -0.2) is 4.79 Å². The minimum atomic E-state index is -0.372. The van der Waals surface area contributed by atoms with Crippen molar-refractivity contribution in [2.24, 2.45) is 11.3 Å². The average Bonchev–Trinajstić information content (AvgIpc) is 3.66. The second-order valence-electron chi connectivity index (χ2n) is 17.0. The molecule has 0 unspecified atom stereocenters. The van der Waals surface area contributed by atoms with E-state index < -0.39 is 0 Å². The number of ether oxygens (including phenoxy) is 1. The molecule has 2 aromatic carbocycles. The number of nitrogens with one attached hydrogen (secondary N) is 2. The molecule has 15 heteroatoms. The summed E-state index contributed by atoms with van der Waals surface area (Å²) in [5, 5.41) is 29.6. The van der Waals surface area contributed by atoms with E-state index in [1.54, 1.807) is 29.2 Å². The number of nitriles is 1. The number of urea groups is 1. The highest BCUT2D eigenvalue weighted by Gasteiger charge is 2.46. The van der Waals surface area contributed by atoms with Crippen molar-refractivity contribution >= 4 is 51.9 Å². The quantitative estimate of drug-likeness (QED) is 0.198. The van der Waals surface area contributed by atoms with Gasteiger partial charge in [-0.3, -0.25) is 24.5 Å². The van der Waals surface area contributed by atoms with E-state index in [1.807, 2.05) is 24.4 Å². The third kappa shape index (κ3) is 7.94. The zero-order chi connectivity index (χ0) is 39.8. The Morgan fingerprint density at radius 2 is 1.76 bits per heavy atom. The number of hydrogen-bond acceptors (Lipinski definition) is 10. The lowest BCUT2D eigenvalue weighted by Crippen LogP contribution is -2.58. The second-order valence-corrected chi connectivity index (χ2v) is 17.4. The van der Waals surface area contributed by atoms with Crippen LogP contribution in [0.25, 0.3) is 10.9 Å². The van der Waals surface area contributed by atoms with Crippen LogP contribution in [0.1, 0.15) is 92.7 Å². The number of amides is 4. The van der Waals surface area contributed by atoms with Crippen LogP contribution in [0.3, 0.4) is 0 Å². The first-order chi connectivity index (χ1) is 28.2. The van der Waals surface area contributed by atoms with E-state index in [1.165, 1.54) is 25.7 Å². The summed E-state index contributed by atoms with van der Waals surface area (Å²) in [5.41, 5.74) is 2.94. The lowest BCUT2D eigenvalue weighted by atomic mass is 9.66. The molecule has 0 radical (unpaired) electrons. The number of fused-ring (bicyclic) bond motifs is 1. The standard InChI is InChI=1S/C43H49ClN10O4/c44-35-22-33(7-4-29(35)23-45)58-32-8-5-30(6-9-32)47-41(56)36-10-11-39(50-49-36)52-26-43(27-52)17-12-28(13-18-43)25-51-19-14-31(15-20-51)54-38-3-1-2-37(34(38)24-46-54)53-21-16-40(55)48-42(53)57/h1-4,7,10-11,22,24,28,30-32H,5-6,8-9,12-21,25-27H2,(H,47,56)(H,48,55,57). The summed E-state index contributed by atoms with van der Waals surface area (Å²) in [7, 11) is 0. The summed E-state index contributed by atoms with van der Waals surface area (Å²) in [6.45, 7) is 5.61. The topological polar surface area (TPSA) is 162 Å². The molecule has 2 aliphatic carbocycles. The molecule has 0 bridgehead atoms. The number of benzene rings is 2. The van der Waals surface area contributed by atoms with Crippen molar-refractivity contribution in [2.75, 3.05) is 49.1 Å². The van der Waals surface area contributed by atoms with Gasteiger partial charge in [0.25, 0.3) is 5.91 Å². The SMILES string of the molecule is N#Cc1ccc(OC2CCC(NC(=O)c3ccc(N4CC5(CCC(CN6CCC(n7ncc8c(N9CCC(=O)NC9=O)cccc87)CC6)CC5)C4)nn3)CC2)cc1Cl. The summed E-state index contributed by atoms with van der Waals surface area (Å²) in [6, 6.07) is 16.9. The molecule has 9 rings (SSSR count). The van der Waals surface area contributed by atoms with Gasteiger partial charge in [0.2, 0.25) is 5.91 Å². The zero-order valence-corrected chi connectivity index (χ0v) is 33.4. The Labute approximate surface area is 342 Å². The highest BCUT2D eigenvalue weighted by Crippen LogP contribution is 2.47. The van der Waals surface area contributed by atoms with E-state index in [2.05, 4.69) is 47.4 Å². The number of anilines is 2. The number of carbonyl (C=O) groups is 3. The number of halogens is 1. The van der Waals surface area contributed by atoms with Crippen LogP contribution in [-0.4, -0.2) is 94.1 Å². The van der Waals surface area contributed by atoms with Crippen LogP contribution >= 0.6 is 11.6 Å². The van der Waals surface area contributed by atoms with Crippen molar-refractivity contribution in [3.8, 4) is 11.8 Å². The van der Waals surface area contributed by atoms with Crippen molar-refractivity contribution in [2.45, 2.75) is 88.8 Å². The van der Waals surface area contributed by atoms with Gasteiger partial charge in [-0.1, -0.05) is 17.7 Å². The van der Waals surface area contributed by atoms with Crippen molar-refractivity contribution in [3.63, 3.8) is 0 Å². The second kappa shape index (κ2) is 16.2. The Bertz CT molecular complexity index is 2210. The fourth-order valence-electron chi connectivity index (χ4n) is 9.85. The predicted octanol–water partition coefficient (Wildman–Crippen LogP) is 6.25. The van der Waals surface area contributed by atoms with Crippen molar-refractivity contribution in [1.29, 1.82) is 5.26 Å². The lowest BCUT2D eigenvalue weighted by Gasteiger charge is -2.54. The summed E-state index contributed by atoms with van der Waals surface area (Å²) in [6.07, 6.45) is 12.5. The summed E-state index contributed by atoms with van der Waals surface area (Å²) in [4.78, 5) is 43.9. The highest BCUT2D eigenvalue weighted by atomic mass is 35.5. The Hall–Kier alpha value is -5.26. The average molecular weight is 805 g/mol. The van der Waals surface area contributed by atoms with Crippen LogP contribution in [-0.2, 0) is 4.79 Å². The molecule has 302 valence electrons. The largest absolute Gasteiger partial charge is 0.490 e. The van der Waals surface area contributed by atoms with Crippen LogP contribution in [0.4, 0.5) is 16.3 Å². The molecule has 2 aromatic heterocycles. The molecular formula is C43H49ClN10O4. The van der Waals surface area contributed by atoms with Gasteiger partial charge in [0, 0.05) is 68.6 Å². The van der Waals surface area contributed by atoms with Crippen LogP contribution in [0.5, 0.6) is 5.75 Å². The van der Waals surface area contributed by atoms with Crippen molar-refractivity contribution in [1.82, 2.24) is 35.5 Å². The number of piperidine rings is 1. The molecule has 5 fully saturated rings. The van der Waals surface area contributed by atoms with Gasteiger partial charge < -0.3 is 19.9 Å². The number of aromatic nitrogens is 4. The Balaban J connectivity index is 0.690. The summed E-state index contributed by atoms with van der Waals surface area (Å²) in [5.74, 6) is 1.78. The maximum absolute atomic E-state index is 13.0. The molecule has 3 saturated heterocycles. The first-order valence-electron chi connectivity index (χ1n) is 20.8. The minimum Gasteiger partial charge on any atom is -0.490 e. The molecule has 4 aromatic rings. The Kier molecular flexibility index (Phi) is 10.7. The van der Waals surface area contributed by atoms with Gasteiger partial charge in [-0.2, -0.15) is 10.4 Å². The normalized spacial score (nSPS) is 23.0. The lowest BCUT2D eigenvalue weighted by molar-refractivity contribution is -0.120. The molecule has 1 spiro atoms. The number of hydrogen-bond donors (Lipinski definition) is 2. The van der Waals surface area contributed by atoms with E-state index in [-0.39, 0.29) is 30.0 Å². The zero-order valence-electron chi connectivity index (χ0n) is 32.6. The summed E-state index contributed by atoms with van der Waals surface area (Å²) >= 11 is 6.16.